The molecule has 0 saturated carbocycles. The van der Waals surface area contributed by atoms with Crippen molar-refractivity contribution in [2.24, 2.45) is 5.10 Å². The molecule has 8 nitrogen and oxygen atoms in total. The highest BCUT2D eigenvalue weighted by atomic mass is 32.2. The third-order valence-electron chi connectivity index (χ3n) is 4.85. The summed E-state index contributed by atoms with van der Waals surface area (Å²) >= 11 is 0. The Morgan fingerprint density at radius 3 is 2.18 bits per heavy atom. The van der Waals surface area contributed by atoms with Crippen LogP contribution in [0.4, 0.5) is 5.69 Å². The molecule has 3 aromatic carbocycles. The van der Waals surface area contributed by atoms with Crippen LogP contribution < -0.4 is 19.2 Å². The van der Waals surface area contributed by atoms with Crippen LogP contribution in [0.25, 0.3) is 0 Å². The Kier molecular flexibility index (Phi) is 8.26. The first kappa shape index (κ1) is 24.8. The van der Waals surface area contributed by atoms with E-state index in [0.717, 1.165) is 21.2 Å². The van der Waals surface area contributed by atoms with Crippen molar-refractivity contribution in [3.8, 4) is 11.5 Å². The molecule has 0 atom stereocenters. The molecule has 34 heavy (non-hydrogen) atoms. The Morgan fingerprint density at radius 2 is 1.59 bits per heavy atom. The number of nitrogens with zero attached hydrogens (tertiary/aromatic N) is 2. The number of carbonyl (C=O) groups is 1. The second-order valence-corrected chi connectivity index (χ2v) is 9.18. The third kappa shape index (κ3) is 6.35. The number of hydrogen-bond acceptors (Lipinski definition) is 6. The van der Waals surface area contributed by atoms with Crippen molar-refractivity contribution in [1.82, 2.24) is 5.43 Å². The monoisotopic (exact) mass is 481 g/mol. The molecule has 1 N–H and O–H groups in total. The molecule has 178 valence electrons. The second kappa shape index (κ2) is 11.3. The summed E-state index contributed by atoms with van der Waals surface area (Å²) in [6.45, 7) is 3.92. The Morgan fingerprint density at radius 1 is 0.971 bits per heavy atom. The predicted octanol–water partition coefficient (Wildman–Crippen LogP) is 3.75. The Balaban J connectivity index is 1.78. The fourth-order valence-electron chi connectivity index (χ4n) is 3.06. The van der Waals surface area contributed by atoms with Gasteiger partial charge in [0.05, 0.1) is 30.5 Å². The molecule has 3 aromatic rings. The van der Waals surface area contributed by atoms with Gasteiger partial charge in [-0.1, -0.05) is 17.7 Å². The van der Waals surface area contributed by atoms with Crippen LogP contribution in [0.2, 0.25) is 0 Å². The van der Waals surface area contributed by atoms with Crippen molar-refractivity contribution in [3.05, 3.63) is 83.9 Å². The van der Waals surface area contributed by atoms with Crippen LogP contribution in [0.15, 0.2) is 82.8 Å². The number of anilines is 1. The minimum Gasteiger partial charge on any atom is -0.497 e. The zero-order valence-electron chi connectivity index (χ0n) is 19.3. The molecule has 0 radical (unpaired) electrons. The van der Waals surface area contributed by atoms with Crippen molar-refractivity contribution in [2.75, 3.05) is 24.6 Å². The lowest BCUT2D eigenvalue weighted by Gasteiger charge is -2.24. The van der Waals surface area contributed by atoms with Crippen LogP contribution in [-0.2, 0) is 14.8 Å². The SMILES string of the molecule is CCOc1ccc(/C=N\NC(=O)CN(c2ccc(C)cc2)S(=O)(=O)c2ccc(OC)cc2)cc1. The summed E-state index contributed by atoms with van der Waals surface area (Å²) in [7, 11) is -2.52. The maximum absolute atomic E-state index is 13.4. The van der Waals surface area contributed by atoms with Crippen molar-refractivity contribution >= 4 is 27.8 Å². The zero-order valence-corrected chi connectivity index (χ0v) is 20.1. The Labute approximate surface area is 199 Å². The van der Waals surface area contributed by atoms with Gasteiger partial charge >= 0.3 is 0 Å². The summed E-state index contributed by atoms with van der Waals surface area (Å²) in [6.07, 6.45) is 1.47. The molecule has 0 aliphatic carbocycles. The Bertz CT molecular complexity index is 1220. The number of carbonyl (C=O) groups excluding carboxylic acids is 1. The minimum absolute atomic E-state index is 0.0413. The molecule has 0 heterocycles. The number of methoxy groups -OCH3 is 1. The van der Waals surface area contributed by atoms with Crippen LogP contribution in [0.3, 0.4) is 0 Å². The molecule has 0 fully saturated rings. The third-order valence-corrected chi connectivity index (χ3v) is 6.64. The van der Waals surface area contributed by atoms with Gasteiger partial charge in [-0.05, 0) is 80.1 Å². The van der Waals surface area contributed by atoms with E-state index in [1.807, 2.05) is 13.8 Å². The number of hydrazone groups is 1. The molecular weight excluding hydrogens is 454 g/mol. The lowest BCUT2D eigenvalue weighted by atomic mass is 10.2. The smallest absolute Gasteiger partial charge is 0.264 e. The van der Waals surface area contributed by atoms with E-state index in [4.69, 9.17) is 9.47 Å². The lowest BCUT2D eigenvalue weighted by Crippen LogP contribution is -2.39. The first-order valence-electron chi connectivity index (χ1n) is 10.6. The van der Waals surface area contributed by atoms with Crippen LogP contribution in [0.1, 0.15) is 18.1 Å². The minimum atomic E-state index is -4.02. The van der Waals surface area contributed by atoms with Crippen LogP contribution in [-0.4, -0.2) is 40.8 Å². The average Bonchev–Trinajstić information content (AvgIpc) is 2.84. The first-order valence-corrected chi connectivity index (χ1v) is 12.1. The van der Waals surface area contributed by atoms with Crippen LogP contribution >= 0.6 is 0 Å². The maximum Gasteiger partial charge on any atom is 0.264 e. The second-order valence-electron chi connectivity index (χ2n) is 7.32. The van der Waals surface area contributed by atoms with E-state index in [0.29, 0.717) is 18.0 Å². The largest absolute Gasteiger partial charge is 0.497 e. The molecular formula is C25H27N3O5S. The van der Waals surface area contributed by atoms with Crippen LogP contribution in [0, 0.1) is 6.92 Å². The number of hydrogen-bond donors (Lipinski definition) is 1. The summed E-state index contributed by atoms with van der Waals surface area (Å²) in [6, 6.07) is 20.1. The van der Waals surface area contributed by atoms with Crippen LogP contribution in [0.5, 0.6) is 11.5 Å². The maximum atomic E-state index is 13.4. The summed E-state index contributed by atoms with van der Waals surface area (Å²) in [5, 5.41) is 3.95. The van der Waals surface area contributed by atoms with Gasteiger partial charge < -0.3 is 9.47 Å². The summed E-state index contributed by atoms with van der Waals surface area (Å²) in [4.78, 5) is 12.7. The quantitative estimate of drug-likeness (QED) is 0.351. The summed E-state index contributed by atoms with van der Waals surface area (Å²) in [5.41, 5.74) is 4.49. The number of rotatable bonds is 10. The van der Waals surface area contributed by atoms with Gasteiger partial charge in [0.15, 0.2) is 0 Å². The summed E-state index contributed by atoms with van der Waals surface area (Å²) in [5.74, 6) is 0.684. The van der Waals surface area contributed by atoms with Crippen molar-refractivity contribution in [1.29, 1.82) is 0 Å². The molecule has 0 saturated heterocycles. The van der Waals surface area contributed by atoms with Gasteiger partial charge in [-0.15, -0.1) is 0 Å². The fraction of sp³-hybridized carbons (Fsp3) is 0.200. The first-order chi connectivity index (χ1) is 16.3. The lowest BCUT2D eigenvalue weighted by molar-refractivity contribution is -0.119. The Hall–Kier alpha value is -3.85. The van der Waals surface area contributed by atoms with Gasteiger partial charge in [0.2, 0.25) is 0 Å². The van der Waals surface area contributed by atoms with E-state index in [-0.39, 0.29) is 4.90 Å². The topological polar surface area (TPSA) is 97.3 Å². The molecule has 0 bridgehead atoms. The highest BCUT2D eigenvalue weighted by Crippen LogP contribution is 2.25. The van der Waals surface area contributed by atoms with Gasteiger partial charge in [-0.3, -0.25) is 9.10 Å². The zero-order chi connectivity index (χ0) is 24.6. The average molecular weight is 482 g/mol. The fourth-order valence-corrected chi connectivity index (χ4v) is 4.48. The van der Waals surface area contributed by atoms with E-state index in [9.17, 15) is 13.2 Å². The van der Waals surface area contributed by atoms with Gasteiger partial charge in [0.1, 0.15) is 18.0 Å². The molecule has 0 unspecified atom stereocenters. The van der Waals surface area contributed by atoms with Gasteiger partial charge in [-0.2, -0.15) is 5.10 Å². The number of sulfonamides is 1. The van der Waals surface area contributed by atoms with Crippen molar-refractivity contribution in [3.63, 3.8) is 0 Å². The molecule has 9 heteroatoms. The molecule has 0 aliphatic rings. The van der Waals surface area contributed by atoms with Gasteiger partial charge in [-0.25, -0.2) is 13.8 Å². The number of nitrogens with one attached hydrogen (secondary N) is 1. The normalized spacial score (nSPS) is 11.3. The van der Waals surface area contributed by atoms with E-state index >= 15 is 0 Å². The number of aryl methyl sites for hydroxylation is 1. The number of amides is 1. The van der Waals surface area contributed by atoms with E-state index in [1.54, 1.807) is 60.7 Å². The molecule has 3 rings (SSSR count). The highest BCUT2D eigenvalue weighted by Gasteiger charge is 2.27. The predicted molar refractivity (Wildman–Crippen MR) is 132 cm³/mol. The standard InChI is InChI=1S/C25H27N3O5S/c1-4-33-23-11-7-20(8-12-23)17-26-27-25(29)18-28(21-9-5-19(2)6-10-21)34(30,31)24-15-13-22(32-3)14-16-24/h5-17H,4,18H2,1-3H3,(H,27,29)/b26-17-. The molecule has 1 amide bonds. The molecule has 0 aromatic heterocycles. The van der Waals surface area contributed by atoms with E-state index < -0.39 is 22.5 Å². The van der Waals surface area contributed by atoms with Crippen molar-refractivity contribution in [2.45, 2.75) is 18.7 Å². The summed E-state index contributed by atoms with van der Waals surface area (Å²) < 4.78 is 38.3. The van der Waals surface area contributed by atoms with E-state index in [2.05, 4.69) is 10.5 Å². The van der Waals surface area contributed by atoms with E-state index in [1.165, 1.54) is 25.5 Å². The van der Waals surface area contributed by atoms with Crippen molar-refractivity contribution < 1.29 is 22.7 Å². The number of ether oxygens (including phenoxy) is 2. The molecule has 0 aliphatic heterocycles. The van der Waals surface area contributed by atoms with Gasteiger partial charge in [0, 0.05) is 0 Å². The number of benzene rings is 3. The highest BCUT2D eigenvalue weighted by molar-refractivity contribution is 7.92. The molecule has 0 spiro atoms. The van der Waals surface area contributed by atoms with Gasteiger partial charge in [0.25, 0.3) is 15.9 Å².